The van der Waals surface area contributed by atoms with Gasteiger partial charge in [0.1, 0.15) is 0 Å². The number of para-hydroxylation sites is 2. The van der Waals surface area contributed by atoms with E-state index in [1.54, 1.807) is 42.5 Å². The fourth-order valence-corrected chi connectivity index (χ4v) is 2.32. The third-order valence-electron chi connectivity index (χ3n) is 3.54. The molecule has 134 valence electrons. The maximum atomic E-state index is 12.7. The monoisotopic (exact) mass is 346 g/mol. The average molecular weight is 346 g/mol. The minimum Gasteiger partial charge on any atom is -0.493 e. The smallest absolute Gasteiger partial charge is 0.205 e. The Balaban J connectivity index is 2.24. The summed E-state index contributed by atoms with van der Waals surface area (Å²) in [7, 11) is 3.01. The van der Waals surface area contributed by atoms with Gasteiger partial charge in [-0.1, -0.05) is 12.1 Å². The number of ether oxygens (including phenoxy) is 4. The van der Waals surface area contributed by atoms with Crippen molar-refractivity contribution in [3.63, 3.8) is 0 Å². The molecule has 2 aromatic rings. The standard InChI is InChI=1S/C19H22O6/c1-4-24-15-10-9-13(11-17(15)23-3)19(21)18(12-20)25-16-8-6-5-7-14(16)22-2/h5-11,18,20H,4,12H2,1-3H3. The van der Waals surface area contributed by atoms with E-state index in [0.29, 0.717) is 35.2 Å². The lowest BCUT2D eigenvalue weighted by atomic mass is 10.1. The molecule has 6 heteroatoms. The highest BCUT2D eigenvalue weighted by Gasteiger charge is 2.23. The molecule has 0 aliphatic rings. The SMILES string of the molecule is CCOc1ccc(C(=O)C(CO)Oc2ccccc2OC)cc1OC. The Bertz CT molecular complexity index is 713. The molecule has 0 aliphatic heterocycles. The minimum absolute atomic E-state index is 0.356. The number of aliphatic hydroxyl groups excluding tert-OH is 1. The number of carbonyl (C=O) groups excluding carboxylic acids is 1. The van der Waals surface area contributed by atoms with Gasteiger partial charge in [-0.05, 0) is 37.3 Å². The molecule has 1 N–H and O–H groups in total. The van der Waals surface area contributed by atoms with Gasteiger partial charge < -0.3 is 24.1 Å². The normalized spacial score (nSPS) is 11.5. The summed E-state index contributed by atoms with van der Waals surface area (Å²) in [4.78, 5) is 12.7. The van der Waals surface area contributed by atoms with E-state index in [1.807, 2.05) is 6.92 Å². The van der Waals surface area contributed by atoms with Crippen molar-refractivity contribution < 1.29 is 28.8 Å². The van der Waals surface area contributed by atoms with Crippen LogP contribution in [0.2, 0.25) is 0 Å². The summed E-state index contributed by atoms with van der Waals surface area (Å²) in [5.41, 5.74) is 0.356. The van der Waals surface area contributed by atoms with Crippen LogP contribution in [0.15, 0.2) is 42.5 Å². The van der Waals surface area contributed by atoms with Gasteiger partial charge in [0.05, 0.1) is 27.4 Å². The van der Waals surface area contributed by atoms with Crippen molar-refractivity contribution >= 4 is 5.78 Å². The third-order valence-corrected chi connectivity index (χ3v) is 3.54. The average Bonchev–Trinajstić information content (AvgIpc) is 2.66. The predicted molar refractivity (Wildman–Crippen MR) is 93.0 cm³/mol. The van der Waals surface area contributed by atoms with Crippen LogP contribution < -0.4 is 18.9 Å². The van der Waals surface area contributed by atoms with Crippen molar-refractivity contribution in [1.29, 1.82) is 0 Å². The first-order valence-electron chi connectivity index (χ1n) is 7.90. The first-order chi connectivity index (χ1) is 12.1. The van der Waals surface area contributed by atoms with Crippen LogP contribution in [0.4, 0.5) is 0 Å². The van der Waals surface area contributed by atoms with Gasteiger partial charge in [0.25, 0.3) is 0 Å². The van der Waals surface area contributed by atoms with Crippen LogP contribution in [0.25, 0.3) is 0 Å². The largest absolute Gasteiger partial charge is 0.493 e. The molecule has 2 aromatic carbocycles. The molecule has 6 nitrogen and oxygen atoms in total. The quantitative estimate of drug-likeness (QED) is 0.704. The zero-order valence-corrected chi connectivity index (χ0v) is 14.5. The highest BCUT2D eigenvalue weighted by atomic mass is 16.5. The minimum atomic E-state index is -1.06. The van der Waals surface area contributed by atoms with Crippen LogP contribution >= 0.6 is 0 Å². The third kappa shape index (κ3) is 4.42. The van der Waals surface area contributed by atoms with E-state index in [-0.39, 0.29) is 5.78 Å². The van der Waals surface area contributed by atoms with Gasteiger partial charge in [-0.25, -0.2) is 0 Å². The van der Waals surface area contributed by atoms with Crippen molar-refractivity contribution in [2.45, 2.75) is 13.0 Å². The van der Waals surface area contributed by atoms with Gasteiger partial charge in [0, 0.05) is 5.56 Å². The van der Waals surface area contributed by atoms with Crippen molar-refractivity contribution in [2.75, 3.05) is 27.4 Å². The maximum Gasteiger partial charge on any atom is 0.205 e. The lowest BCUT2D eigenvalue weighted by molar-refractivity contribution is 0.0651. The molecule has 1 unspecified atom stereocenters. The summed E-state index contributed by atoms with van der Waals surface area (Å²) < 4.78 is 21.6. The molecule has 0 amide bonds. The second kappa shape index (κ2) is 8.94. The van der Waals surface area contributed by atoms with Crippen molar-refractivity contribution in [1.82, 2.24) is 0 Å². The van der Waals surface area contributed by atoms with E-state index in [0.717, 1.165) is 0 Å². The van der Waals surface area contributed by atoms with Crippen LogP contribution in [-0.4, -0.2) is 44.4 Å². The van der Waals surface area contributed by atoms with E-state index in [1.165, 1.54) is 14.2 Å². The van der Waals surface area contributed by atoms with Gasteiger partial charge in [0.2, 0.25) is 5.78 Å². The van der Waals surface area contributed by atoms with Crippen LogP contribution in [0, 0.1) is 0 Å². The van der Waals surface area contributed by atoms with Crippen LogP contribution in [0.5, 0.6) is 23.0 Å². The number of benzene rings is 2. The zero-order valence-electron chi connectivity index (χ0n) is 14.5. The second-order valence-corrected chi connectivity index (χ2v) is 5.10. The van der Waals surface area contributed by atoms with Gasteiger partial charge in [-0.3, -0.25) is 4.79 Å². The lowest BCUT2D eigenvalue weighted by Gasteiger charge is -2.18. The molecule has 2 rings (SSSR count). The molecule has 0 bridgehead atoms. The Kier molecular flexibility index (Phi) is 6.65. The Labute approximate surface area is 146 Å². The fraction of sp³-hybridized carbons (Fsp3) is 0.316. The predicted octanol–water partition coefficient (Wildman–Crippen LogP) is 2.73. The van der Waals surface area contributed by atoms with E-state index in [4.69, 9.17) is 18.9 Å². The Morgan fingerprint density at radius 2 is 1.68 bits per heavy atom. The fourth-order valence-electron chi connectivity index (χ4n) is 2.32. The van der Waals surface area contributed by atoms with E-state index in [9.17, 15) is 9.90 Å². The first-order valence-corrected chi connectivity index (χ1v) is 7.90. The number of aliphatic hydroxyl groups is 1. The highest BCUT2D eigenvalue weighted by molar-refractivity contribution is 6.00. The van der Waals surface area contributed by atoms with Crippen LogP contribution in [0.3, 0.4) is 0 Å². The van der Waals surface area contributed by atoms with E-state index < -0.39 is 12.7 Å². The summed E-state index contributed by atoms with van der Waals surface area (Å²) in [6.07, 6.45) is -1.06. The molecule has 0 aliphatic carbocycles. The van der Waals surface area contributed by atoms with Gasteiger partial charge in [-0.2, -0.15) is 0 Å². The Morgan fingerprint density at radius 3 is 2.28 bits per heavy atom. The summed E-state index contributed by atoms with van der Waals surface area (Å²) in [5, 5.41) is 9.61. The molecule has 1 atom stereocenters. The molecule has 0 radical (unpaired) electrons. The second-order valence-electron chi connectivity index (χ2n) is 5.10. The number of hydrogen-bond acceptors (Lipinski definition) is 6. The topological polar surface area (TPSA) is 74.2 Å². The molecule has 0 saturated heterocycles. The van der Waals surface area contributed by atoms with E-state index in [2.05, 4.69) is 0 Å². The van der Waals surface area contributed by atoms with Gasteiger partial charge >= 0.3 is 0 Å². The molecule has 25 heavy (non-hydrogen) atoms. The van der Waals surface area contributed by atoms with Gasteiger partial charge in [-0.15, -0.1) is 0 Å². The molecular weight excluding hydrogens is 324 g/mol. The molecule has 0 saturated carbocycles. The Hall–Kier alpha value is -2.73. The Morgan fingerprint density at radius 1 is 1.00 bits per heavy atom. The number of methoxy groups -OCH3 is 2. The van der Waals surface area contributed by atoms with Crippen molar-refractivity contribution in [2.24, 2.45) is 0 Å². The summed E-state index contributed by atoms with van der Waals surface area (Å²) in [5.74, 6) is 1.50. The summed E-state index contributed by atoms with van der Waals surface area (Å²) in [6.45, 7) is 1.88. The number of rotatable bonds is 9. The van der Waals surface area contributed by atoms with Gasteiger partial charge in [0.15, 0.2) is 29.1 Å². The summed E-state index contributed by atoms with van der Waals surface area (Å²) in [6, 6.07) is 11.8. The van der Waals surface area contributed by atoms with Crippen molar-refractivity contribution in [3.05, 3.63) is 48.0 Å². The van der Waals surface area contributed by atoms with E-state index >= 15 is 0 Å². The number of hydrogen-bond donors (Lipinski definition) is 1. The molecule has 0 spiro atoms. The number of carbonyl (C=O) groups is 1. The first kappa shape index (κ1) is 18.6. The number of Topliss-reactive ketones (excluding diaryl/α,β-unsaturated/α-hetero) is 1. The molecule has 0 aromatic heterocycles. The lowest BCUT2D eigenvalue weighted by Crippen LogP contribution is -2.31. The zero-order chi connectivity index (χ0) is 18.2. The number of ketones is 1. The molecular formula is C19H22O6. The van der Waals surface area contributed by atoms with Crippen LogP contribution in [-0.2, 0) is 0 Å². The summed E-state index contributed by atoms with van der Waals surface area (Å²) >= 11 is 0. The van der Waals surface area contributed by atoms with Crippen LogP contribution in [0.1, 0.15) is 17.3 Å². The van der Waals surface area contributed by atoms with Crippen molar-refractivity contribution in [3.8, 4) is 23.0 Å². The molecule has 0 heterocycles. The molecule has 0 fully saturated rings. The highest BCUT2D eigenvalue weighted by Crippen LogP contribution is 2.30. The maximum absolute atomic E-state index is 12.7.